The molecule has 0 radical (unpaired) electrons. The van der Waals surface area contributed by atoms with E-state index in [1.54, 1.807) is 24.3 Å². The first-order valence-electron chi connectivity index (χ1n) is 7.85. The number of benzene rings is 1. The molecule has 7 nitrogen and oxygen atoms in total. The molecule has 0 atom stereocenters. The van der Waals surface area contributed by atoms with Crippen molar-refractivity contribution in [1.29, 1.82) is 0 Å². The fourth-order valence-corrected chi connectivity index (χ4v) is 3.91. The number of ether oxygens (including phenoxy) is 2. The number of carbonyl (C=O) groups is 1. The van der Waals surface area contributed by atoms with Gasteiger partial charge < -0.3 is 14.8 Å². The topological polar surface area (TPSA) is 84.9 Å². The maximum Gasteiger partial charge on any atom is 0.248 e. The number of allylic oxidation sites excluding steroid dienone is 3. The van der Waals surface area contributed by atoms with Crippen molar-refractivity contribution in [3.63, 3.8) is 0 Å². The Balaban J connectivity index is 2.29. The molecule has 136 valence electrons. The van der Waals surface area contributed by atoms with Gasteiger partial charge in [0.2, 0.25) is 15.9 Å². The molecule has 1 aliphatic rings. The largest absolute Gasteiger partial charge is 0.495 e. The van der Waals surface area contributed by atoms with Crippen molar-refractivity contribution >= 4 is 21.6 Å². The van der Waals surface area contributed by atoms with Crippen molar-refractivity contribution in [3.8, 4) is 5.75 Å². The van der Waals surface area contributed by atoms with Crippen molar-refractivity contribution in [1.82, 2.24) is 4.31 Å². The Labute approximate surface area is 148 Å². The standard InChI is InChI=1S/C17H22N2O5S/c1-3-4-5-6-17(20)18-14-7-8-15(23-2)16(13-14)25(21,22)19-9-11-24-12-10-19/h3-8,13H,9-12H2,1-2H3,(H,18,20)/b4-3+,6-5+. The van der Waals surface area contributed by atoms with Gasteiger partial charge in [-0.15, -0.1) is 0 Å². The smallest absolute Gasteiger partial charge is 0.248 e. The van der Waals surface area contributed by atoms with Gasteiger partial charge in [-0.25, -0.2) is 8.42 Å². The number of morpholine rings is 1. The molecule has 1 saturated heterocycles. The molecular weight excluding hydrogens is 344 g/mol. The number of amides is 1. The Hall–Kier alpha value is -2.16. The van der Waals surface area contributed by atoms with E-state index in [0.717, 1.165) is 0 Å². The minimum absolute atomic E-state index is 0.0205. The molecule has 2 rings (SSSR count). The zero-order chi connectivity index (χ0) is 18.3. The molecule has 25 heavy (non-hydrogen) atoms. The van der Waals surface area contributed by atoms with Gasteiger partial charge in [-0.05, 0) is 25.1 Å². The quantitative estimate of drug-likeness (QED) is 0.613. The number of carbonyl (C=O) groups excluding carboxylic acids is 1. The molecule has 0 bridgehead atoms. The highest BCUT2D eigenvalue weighted by Crippen LogP contribution is 2.30. The molecule has 1 aliphatic heterocycles. The van der Waals surface area contributed by atoms with Gasteiger partial charge >= 0.3 is 0 Å². The fourth-order valence-electron chi connectivity index (χ4n) is 2.32. The third kappa shape index (κ3) is 4.91. The van der Waals surface area contributed by atoms with Crippen LogP contribution in [-0.4, -0.2) is 52.0 Å². The number of nitrogens with zero attached hydrogens (tertiary/aromatic N) is 1. The highest BCUT2D eigenvalue weighted by molar-refractivity contribution is 7.89. The minimum Gasteiger partial charge on any atom is -0.495 e. The molecule has 1 heterocycles. The number of sulfonamides is 1. The van der Waals surface area contributed by atoms with Gasteiger partial charge in [0.1, 0.15) is 10.6 Å². The normalized spacial score (nSPS) is 16.4. The predicted octanol–water partition coefficient (Wildman–Crippen LogP) is 1.79. The van der Waals surface area contributed by atoms with Crippen LogP contribution in [0.15, 0.2) is 47.4 Å². The lowest BCUT2D eigenvalue weighted by atomic mass is 10.3. The molecule has 8 heteroatoms. The Morgan fingerprint density at radius 2 is 2.00 bits per heavy atom. The van der Waals surface area contributed by atoms with Gasteiger partial charge in [0, 0.05) is 24.9 Å². The van der Waals surface area contributed by atoms with Crippen LogP contribution in [-0.2, 0) is 19.6 Å². The summed E-state index contributed by atoms with van der Waals surface area (Å²) in [4.78, 5) is 11.9. The SMILES string of the molecule is C/C=C/C=C/C(=O)Nc1ccc(OC)c(S(=O)(=O)N2CCOCC2)c1. The van der Waals surface area contributed by atoms with Crippen LogP contribution in [0.3, 0.4) is 0 Å². The Bertz CT molecular complexity index is 765. The molecule has 0 aliphatic carbocycles. The second-order valence-corrected chi connectivity index (χ2v) is 7.16. The zero-order valence-electron chi connectivity index (χ0n) is 14.3. The van der Waals surface area contributed by atoms with Crippen LogP contribution in [0.25, 0.3) is 0 Å². The first kappa shape index (κ1) is 19.2. The van der Waals surface area contributed by atoms with Gasteiger partial charge in [0.05, 0.1) is 20.3 Å². The molecular formula is C17H22N2O5S. The average Bonchev–Trinajstić information content (AvgIpc) is 2.62. The second kappa shape index (κ2) is 8.80. The number of nitrogens with one attached hydrogen (secondary N) is 1. The van der Waals surface area contributed by atoms with Crippen LogP contribution in [0, 0.1) is 0 Å². The van der Waals surface area contributed by atoms with Crippen molar-refractivity contribution in [3.05, 3.63) is 42.5 Å². The van der Waals surface area contributed by atoms with Crippen LogP contribution in [0.2, 0.25) is 0 Å². The van der Waals surface area contributed by atoms with E-state index < -0.39 is 10.0 Å². The van der Waals surface area contributed by atoms with Gasteiger partial charge in [-0.3, -0.25) is 4.79 Å². The van der Waals surface area contributed by atoms with E-state index >= 15 is 0 Å². The van der Waals surface area contributed by atoms with E-state index in [4.69, 9.17) is 9.47 Å². The summed E-state index contributed by atoms with van der Waals surface area (Å²) in [5.41, 5.74) is 0.378. The summed E-state index contributed by atoms with van der Waals surface area (Å²) in [6.07, 6.45) is 6.48. The van der Waals surface area contributed by atoms with Gasteiger partial charge in [-0.1, -0.05) is 18.2 Å². The highest BCUT2D eigenvalue weighted by atomic mass is 32.2. The molecule has 1 aromatic rings. The molecule has 0 unspecified atom stereocenters. The predicted molar refractivity (Wildman–Crippen MR) is 95.2 cm³/mol. The van der Waals surface area contributed by atoms with Crippen LogP contribution in [0.5, 0.6) is 5.75 Å². The fraction of sp³-hybridized carbons (Fsp3) is 0.353. The third-order valence-electron chi connectivity index (χ3n) is 3.57. The monoisotopic (exact) mass is 366 g/mol. The summed E-state index contributed by atoms with van der Waals surface area (Å²) in [7, 11) is -2.33. The first-order valence-corrected chi connectivity index (χ1v) is 9.29. The molecule has 0 saturated carbocycles. The van der Waals surface area contributed by atoms with Crippen LogP contribution in [0.4, 0.5) is 5.69 Å². The summed E-state index contributed by atoms with van der Waals surface area (Å²) in [5.74, 6) is -0.119. The first-order chi connectivity index (χ1) is 12.0. The number of methoxy groups -OCH3 is 1. The second-order valence-electron chi connectivity index (χ2n) is 5.26. The third-order valence-corrected chi connectivity index (χ3v) is 5.49. The zero-order valence-corrected chi connectivity index (χ0v) is 15.1. The lowest BCUT2D eigenvalue weighted by Gasteiger charge is -2.26. The number of hydrogen-bond acceptors (Lipinski definition) is 5. The molecule has 1 fully saturated rings. The maximum absolute atomic E-state index is 12.9. The van der Waals surface area contributed by atoms with E-state index in [0.29, 0.717) is 18.9 Å². The van der Waals surface area contributed by atoms with Gasteiger partial charge in [0.25, 0.3) is 0 Å². The van der Waals surface area contributed by atoms with E-state index in [-0.39, 0.29) is 29.6 Å². The summed E-state index contributed by atoms with van der Waals surface area (Å²) in [5, 5.41) is 2.64. The van der Waals surface area contributed by atoms with Crippen LogP contribution >= 0.6 is 0 Å². The van der Waals surface area contributed by atoms with Gasteiger partial charge in [0.15, 0.2) is 0 Å². The van der Waals surface area contributed by atoms with E-state index in [9.17, 15) is 13.2 Å². The Morgan fingerprint density at radius 3 is 2.64 bits per heavy atom. The van der Waals surface area contributed by atoms with Crippen molar-refractivity contribution < 1.29 is 22.7 Å². The lowest BCUT2D eigenvalue weighted by Crippen LogP contribution is -2.40. The van der Waals surface area contributed by atoms with E-state index in [2.05, 4.69) is 5.32 Å². The summed E-state index contributed by atoms with van der Waals surface area (Å²) >= 11 is 0. The van der Waals surface area contributed by atoms with Crippen molar-refractivity contribution in [2.45, 2.75) is 11.8 Å². The van der Waals surface area contributed by atoms with Crippen LogP contribution in [0.1, 0.15) is 6.92 Å². The maximum atomic E-state index is 12.9. The number of hydrogen-bond donors (Lipinski definition) is 1. The molecule has 1 aromatic carbocycles. The van der Waals surface area contributed by atoms with E-state index in [1.165, 1.54) is 29.6 Å². The summed E-state index contributed by atoms with van der Waals surface area (Å²) in [6.45, 7) is 3.12. The number of rotatable bonds is 6. The summed E-state index contributed by atoms with van der Waals surface area (Å²) in [6, 6.07) is 4.53. The molecule has 1 N–H and O–H groups in total. The molecule has 0 aromatic heterocycles. The van der Waals surface area contributed by atoms with Crippen molar-refractivity contribution in [2.24, 2.45) is 0 Å². The Morgan fingerprint density at radius 1 is 1.28 bits per heavy atom. The number of anilines is 1. The minimum atomic E-state index is -3.74. The van der Waals surface area contributed by atoms with Crippen molar-refractivity contribution in [2.75, 3.05) is 38.7 Å². The van der Waals surface area contributed by atoms with Gasteiger partial charge in [-0.2, -0.15) is 4.31 Å². The van der Waals surface area contributed by atoms with Crippen LogP contribution < -0.4 is 10.1 Å². The Kier molecular flexibility index (Phi) is 6.74. The molecule has 0 spiro atoms. The summed E-state index contributed by atoms with van der Waals surface area (Å²) < 4.78 is 37.5. The van der Waals surface area contributed by atoms with E-state index in [1.807, 2.05) is 6.92 Å². The average molecular weight is 366 g/mol. The lowest BCUT2D eigenvalue weighted by molar-refractivity contribution is -0.111. The highest BCUT2D eigenvalue weighted by Gasteiger charge is 2.29. The molecule has 1 amide bonds.